The van der Waals surface area contributed by atoms with E-state index in [1.165, 1.54) is 12.1 Å². The van der Waals surface area contributed by atoms with Crippen LogP contribution in [-0.4, -0.2) is 22.4 Å². The van der Waals surface area contributed by atoms with Crippen LogP contribution in [0.15, 0.2) is 24.3 Å². The normalized spacial score (nSPS) is 18.2. The van der Waals surface area contributed by atoms with Gasteiger partial charge in [0.25, 0.3) is 11.8 Å². The lowest BCUT2D eigenvalue weighted by Crippen LogP contribution is -2.32. The van der Waals surface area contributed by atoms with Crippen LogP contribution in [0.2, 0.25) is 0 Å². The Hall–Kier alpha value is -0.780. The van der Waals surface area contributed by atoms with Gasteiger partial charge in [-0.25, -0.2) is 4.31 Å². The maximum atomic E-state index is 14.0. The highest BCUT2D eigenvalue weighted by Gasteiger charge is 2.49. The van der Waals surface area contributed by atoms with Gasteiger partial charge in [-0.15, -0.1) is 0 Å². The summed E-state index contributed by atoms with van der Waals surface area (Å²) in [6.07, 6.45) is 0.871. The average Bonchev–Trinajstić information content (AvgIpc) is 2.38. The number of carbonyl (C=O) groups is 2. The fourth-order valence-corrected chi connectivity index (χ4v) is 3.38. The molecule has 0 aliphatic carbocycles. The quantitative estimate of drug-likeness (QED) is 0.635. The van der Waals surface area contributed by atoms with E-state index in [9.17, 15) is 13.5 Å². The summed E-state index contributed by atoms with van der Waals surface area (Å²) in [4.78, 5) is 23.6. The second-order valence-corrected chi connectivity index (χ2v) is 11.5. The number of imide groups is 1. The number of thiol groups is 1. The Bertz CT molecular complexity index is 467. The van der Waals surface area contributed by atoms with Gasteiger partial charge < -0.3 is 0 Å². The molecule has 1 heterocycles. The first kappa shape index (κ1) is 11.7. The highest BCUT2D eigenvalue weighted by atomic mass is 36.0. The topological polar surface area (TPSA) is 37.4 Å². The maximum Gasteiger partial charge on any atom is 0.272 e. The molecule has 0 atom stereocenters. The lowest BCUT2D eigenvalue weighted by Gasteiger charge is -2.44. The fourth-order valence-electron chi connectivity index (χ4n) is 1.56. The van der Waals surface area contributed by atoms with Gasteiger partial charge in [-0.1, -0.05) is 12.1 Å². The third kappa shape index (κ3) is 1.69. The third-order valence-electron chi connectivity index (χ3n) is 2.20. The first-order chi connectivity index (χ1) is 7.18. The minimum atomic E-state index is -4.94. The van der Waals surface area contributed by atoms with Gasteiger partial charge in [0.1, 0.15) is 0 Å². The molecule has 1 aromatic carbocycles. The lowest BCUT2D eigenvalue weighted by atomic mass is 10.1. The maximum absolute atomic E-state index is 14.0. The molecule has 0 radical (unpaired) electrons. The van der Waals surface area contributed by atoms with E-state index in [4.69, 9.17) is 21.4 Å². The Morgan fingerprint density at radius 2 is 1.50 bits per heavy atom. The number of halogens is 3. The zero-order valence-electron chi connectivity index (χ0n) is 8.15. The van der Waals surface area contributed by atoms with Gasteiger partial charge in [-0.2, -0.15) is 3.89 Å². The van der Waals surface area contributed by atoms with Crippen molar-refractivity contribution < 1.29 is 13.5 Å². The Balaban J connectivity index is 2.60. The highest BCUT2D eigenvalue weighted by molar-refractivity contribution is 8.74. The monoisotopic (exact) mass is 283 g/mol. The molecule has 2 rings (SSSR count). The van der Waals surface area contributed by atoms with Gasteiger partial charge >= 0.3 is 0 Å². The van der Waals surface area contributed by atoms with Crippen molar-refractivity contribution in [3.63, 3.8) is 0 Å². The van der Waals surface area contributed by atoms with Gasteiger partial charge in [0.05, 0.1) is 11.1 Å². The molecule has 7 heteroatoms. The second kappa shape index (κ2) is 3.12. The first-order valence-electron chi connectivity index (χ1n) is 4.34. The van der Waals surface area contributed by atoms with Gasteiger partial charge in [0.2, 0.25) is 0 Å². The van der Waals surface area contributed by atoms with E-state index in [1.807, 2.05) is 0 Å². The second-order valence-electron chi connectivity index (χ2n) is 3.59. The van der Waals surface area contributed by atoms with E-state index in [1.54, 1.807) is 12.1 Å². The Morgan fingerprint density at radius 3 is 1.81 bits per heavy atom. The number of hydrogen-bond donors (Lipinski definition) is 1. The van der Waals surface area contributed by atoms with Gasteiger partial charge in [0.15, 0.2) is 0 Å². The van der Waals surface area contributed by atoms with E-state index < -0.39 is 20.0 Å². The summed E-state index contributed by atoms with van der Waals surface area (Å²) in [5, 5.41) is 0. The van der Waals surface area contributed by atoms with Crippen LogP contribution in [0.1, 0.15) is 20.7 Å². The number of fused-ring (bicyclic) bond motifs is 1. The van der Waals surface area contributed by atoms with E-state index in [0.717, 1.165) is 6.26 Å². The van der Waals surface area contributed by atoms with Crippen LogP contribution < -0.4 is 0 Å². The zero-order chi connectivity index (χ0) is 12.2. The molecule has 1 aliphatic rings. The summed E-state index contributed by atoms with van der Waals surface area (Å²) in [6, 6.07) is 6.04. The largest absolute Gasteiger partial charge is 0.272 e. The summed E-state index contributed by atoms with van der Waals surface area (Å²) < 4.78 is 14.3. The van der Waals surface area contributed by atoms with Crippen LogP contribution in [0.3, 0.4) is 0 Å². The van der Waals surface area contributed by atoms with E-state index >= 15 is 0 Å². The molecule has 0 bridgehead atoms. The van der Waals surface area contributed by atoms with Crippen LogP contribution in [0.4, 0.5) is 3.89 Å². The molecule has 0 saturated heterocycles. The summed E-state index contributed by atoms with van der Waals surface area (Å²) in [5.41, 5.74) is 0.254. The third-order valence-corrected chi connectivity index (χ3v) is 4.32. The number of carbonyl (C=O) groups excluding carboxylic acids is 2. The predicted octanol–water partition coefficient (Wildman–Crippen LogP) is 3.09. The van der Waals surface area contributed by atoms with Crippen molar-refractivity contribution >= 4 is 41.3 Å². The number of hydrogen-bond acceptors (Lipinski definition) is 2. The molecule has 16 heavy (non-hydrogen) atoms. The lowest BCUT2D eigenvalue weighted by molar-refractivity contribution is 0.0769. The minimum Gasteiger partial charge on any atom is -0.268 e. The van der Waals surface area contributed by atoms with Crippen molar-refractivity contribution in [2.45, 2.75) is 0 Å². The SMILES string of the molecule is C[SH](F)(Cl)(Cl)N1C(=O)c2ccccc2C1=O. The minimum absolute atomic E-state index is 0.127. The van der Waals surface area contributed by atoms with Crippen LogP contribution in [-0.2, 0) is 0 Å². The zero-order valence-corrected chi connectivity index (χ0v) is 10.6. The predicted molar refractivity (Wildman–Crippen MR) is 64.7 cm³/mol. The first-order valence-corrected chi connectivity index (χ1v) is 8.67. The Kier molecular flexibility index (Phi) is 2.28. The molecule has 1 aliphatic heterocycles. The smallest absolute Gasteiger partial charge is 0.268 e. The van der Waals surface area contributed by atoms with Crippen LogP contribution in [0, 0.1) is 0 Å². The molecular weight excluding hydrogens is 276 g/mol. The number of nitrogens with zero attached hydrogens (tertiary/aromatic N) is 1. The van der Waals surface area contributed by atoms with Crippen molar-refractivity contribution in [3.8, 4) is 0 Å². The Labute approximate surface area is 101 Å². The highest BCUT2D eigenvalue weighted by Crippen LogP contribution is 2.80. The summed E-state index contributed by atoms with van der Waals surface area (Å²) in [7, 11) is 6.04. The molecule has 88 valence electrons. The number of amides is 2. The van der Waals surface area contributed by atoms with Crippen LogP contribution >= 0.6 is 29.5 Å². The molecule has 0 aromatic heterocycles. The van der Waals surface area contributed by atoms with E-state index in [0.29, 0.717) is 4.31 Å². The summed E-state index contributed by atoms with van der Waals surface area (Å²) >= 11 is 0. The van der Waals surface area contributed by atoms with Crippen molar-refractivity contribution in [1.82, 2.24) is 4.31 Å². The standard InChI is InChI=1S/C9H8Cl2FNO2S/c1-16(10,11,12)13-8(14)6-4-2-3-5-7(6)9(13)15/h2-5,16H,1H3. The molecule has 1 aromatic rings. The van der Waals surface area contributed by atoms with Crippen molar-refractivity contribution in [2.75, 3.05) is 6.26 Å². The molecule has 0 fully saturated rings. The number of benzene rings is 1. The Morgan fingerprint density at radius 1 is 1.12 bits per heavy atom. The average molecular weight is 284 g/mol. The summed E-state index contributed by atoms with van der Waals surface area (Å²) in [6.45, 7) is 0. The molecule has 3 nitrogen and oxygen atoms in total. The number of rotatable bonds is 1. The van der Waals surface area contributed by atoms with Crippen LogP contribution in [0.5, 0.6) is 0 Å². The molecule has 0 spiro atoms. The molecular formula is C9H8Cl2FNO2S. The van der Waals surface area contributed by atoms with Crippen molar-refractivity contribution in [3.05, 3.63) is 35.4 Å². The molecule has 0 N–H and O–H groups in total. The van der Waals surface area contributed by atoms with Crippen molar-refractivity contribution in [1.29, 1.82) is 0 Å². The van der Waals surface area contributed by atoms with E-state index in [-0.39, 0.29) is 11.1 Å². The molecule has 2 amide bonds. The van der Waals surface area contributed by atoms with Gasteiger partial charge in [0, 0.05) is 14.4 Å². The van der Waals surface area contributed by atoms with Gasteiger partial charge in [-0.3, -0.25) is 9.59 Å². The van der Waals surface area contributed by atoms with Crippen LogP contribution in [0.25, 0.3) is 0 Å². The summed E-state index contributed by atoms with van der Waals surface area (Å²) in [5.74, 6) is -1.57. The molecule has 0 unspecified atom stereocenters. The van der Waals surface area contributed by atoms with Crippen molar-refractivity contribution in [2.24, 2.45) is 0 Å². The fraction of sp³-hybridized carbons (Fsp3) is 0.111. The van der Waals surface area contributed by atoms with E-state index in [2.05, 4.69) is 0 Å². The van der Waals surface area contributed by atoms with Gasteiger partial charge in [-0.05, 0) is 33.5 Å². The molecule has 0 saturated carbocycles.